The van der Waals surface area contributed by atoms with E-state index in [4.69, 9.17) is 5.73 Å². The summed E-state index contributed by atoms with van der Waals surface area (Å²) in [5.74, 6) is -2.94. The summed E-state index contributed by atoms with van der Waals surface area (Å²) >= 11 is 0. The van der Waals surface area contributed by atoms with Crippen LogP contribution < -0.4 is 5.73 Å². The zero-order valence-electron chi connectivity index (χ0n) is 12.8. The van der Waals surface area contributed by atoms with Crippen molar-refractivity contribution in [3.8, 4) is 0 Å². The standard InChI is InChI=1S/C15H18F2N2O3S.ClH/c16-15(17)23(21,22)11-4-1-9(2-5-11)14(20)19-7-10-3-6-13(18)12(10)8-19;/h1-2,4-5,10,12-13,15H,3,6-8,18H2;1H. The second-order valence-electron chi connectivity index (χ2n) is 6.21. The molecule has 24 heavy (non-hydrogen) atoms. The molecule has 3 atom stereocenters. The average molecular weight is 381 g/mol. The Morgan fingerprint density at radius 2 is 1.79 bits per heavy atom. The predicted octanol–water partition coefficient (Wildman–Crippen LogP) is 1.91. The van der Waals surface area contributed by atoms with Crippen LogP contribution in [0.2, 0.25) is 0 Å². The lowest BCUT2D eigenvalue weighted by Gasteiger charge is -2.19. The molecule has 9 heteroatoms. The molecule has 1 amide bonds. The molecule has 3 rings (SSSR count). The normalized spacial score (nSPS) is 26.3. The summed E-state index contributed by atoms with van der Waals surface area (Å²) in [4.78, 5) is 13.7. The average Bonchev–Trinajstić information content (AvgIpc) is 3.09. The van der Waals surface area contributed by atoms with E-state index in [1.165, 1.54) is 12.1 Å². The van der Waals surface area contributed by atoms with Gasteiger partial charge in [0.05, 0.1) is 4.90 Å². The van der Waals surface area contributed by atoms with Gasteiger partial charge in [0, 0.05) is 24.7 Å². The lowest BCUT2D eigenvalue weighted by molar-refractivity contribution is 0.0779. The molecule has 0 aromatic heterocycles. The highest BCUT2D eigenvalue weighted by Crippen LogP contribution is 2.37. The van der Waals surface area contributed by atoms with Crippen molar-refractivity contribution in [1.29, 1.82) is 0 Å². The van der Waals surface area contributed by atoms with Crippen molar-refractivity contribution < 1.29 is 22.0 Å². The Bertz CT molecular complexity index is 712. The number of carbonyl (C=O) groups is 1. The van der Waals surface area contributed by atoms with Gasteiger partial charge >= 0.3 is 5.76 Å². The van der Waals surface area contributed by atoms with E-state index in [-0.39, 0.29) is 24.4 Å². The first-order valence-electron chi connectivity index (χ1n) is 7.47. The molecule has 0 radical (unpaired) electrons. The van der Waals surface area contributed by atoms with E-state index in [1.807, 2.05) is 0 Å². The second kappa shape index (κ2) is 6.93. The molecular weight excluding hydrogens is 362 g/mol. The Morgan fingerprint density at radius 3 is 2.33 bits per heavy atom. The van der Waals surface area contributed by atoms with Crippen LogP contribution in [0.5, 0.6) is 0 Å². The first kappa shape index (κ1) is 19.1. The van der Waals surface area contributed by atoms with E-state index in [0.717, 1.165) is 25.0 Å². The van der Waals surface area contributed by atoms with E-state index < -0.39 is 20.5 Å². The smallest absolute Gasteiger partial charge is 0.338 e. The first-order valence-corrected chi connectivity index (χ1v) is 9.02. The van der Waals surface area contributed by atoms with Crippen LogP contribution in [0.4, 0.5) is 8.78 Å². The topological polar surface area (TPSA) is 80.5 Å². The van der Waals surface area contributed by atoms with Crippen molar-refractivity contribution in [2.75, 3.05) is 13.1 Å². The molecule has 1 aliphatic heterocycles. The van der Waals surface area contributed by atoms with Crippen LogP contribution in [0.25, 0.3) is 0 Å². The van der Waals surface area contributed by atoms with E-state index in [9.17, 15) is 22.0 Å². The maximum absolute atomic E-state index is 12.5. The molecule has 1 saturated heterocycles. The fraction of sp³-hybridized carbons (Fsp3) is 0.533. The summed E-state index contributed by atoms with van der Waals surface area (Å²) < 4.78 is 47.7. The fourth-order valence-electron chi connectivity index (χ4n) is 3.55. The lowest BCUT2D eigenvalue weighted by Crippen LogP contribution is -2.33. The van der Waals surface area contributed by atoms with Gasteiger partial charge in [0.15, 0.2) is 0 Å². The molecule has 3 unspecified atom stereocenters. The van der Waals surface area contributed by atoms with Crippen LogP contribution in [0, 0.1) is 11.8 Å². The number of sulfone groups is 1. The number of nitrogens with zero attached hydrogens (tertiary/aromatic N) is 1. The van der Waals surface area contributed by atoms with Crippen molar-refractivity contribution in [2.45, 2.75) is 29.5 Å². The maximum Gasteiger partial charge on any atom is 0.341 e. The van der Waals surface area contributed by atoms with Gasteiger partial charge in [-0.25, -0.2) is 8.42 Å². The molecule has 2 N–H and O–H groups in total. The van der Waals surface area contributed by atoms with Crippen LogP contribution >= 0.6 is 12.4 Å². The lowest BCUT2D eigenvalue weighted by atomic mass is 9.98. The van der Waals surface area contributed by atoms with Gasteiger partial charge in [-0.15, -0.1) is 12.4 Å². The molecule has 1 aromatic carbocycles. The number of halogens is 3. The van der Waals surface area contributed by atoms with Gasteiger partial charge in [-0.3, -0.25) is 4.79 Å². The maximum atomic E-state index is 12.5. The zero-order valence-corrected chi connectivity index (χ0v) is 14.4. The third-order valence-corrected chi connectivity index (χ3v) is 6.26. The Labute approximate surface area is 145 Å². The van der Waals surface area contributed by atoms with Gasteiger partial charge in [-0.1, -0.05) is 0 Å². The molecule has 0 bridgehead atoms. The third-order valence-electron chi connectivity index (χ3n) is 4.86. The molecule has 2 fully saturated rings. The largest absolute Gasteiger partial charge is 0.341 e. The van der Waals surface area contributed by atoms with Gasteiger partial charge in [-0.2, -0.15) is 8.78 Å². The first-order chi connectivity index (χ1) is 10.8. The number of fused-ring (bicyclic) bond motifs is 1. The van der Waals surface area contributed by atoms with Crippen molar-refractivity contribution in [1.82, 2.24) is 4.90 Å². The molecule has 134 valence electrons. The number of hydrogen-bond donors (Lipinski definition) is 1. The number of carbonyl (C=O) groups excluding carboxylic acids is 1. The summed E-state index contributed by atoms with van der Waals surface area (Å²) in [5.41, 5.74) is 6.34. The summed E-state index contributed by atoms with van der Waals surface area (Å²) in [7, 11) is -4.63. The van der Waals surface area contributed by atoms with E-state index in [1.54, 1.807) is 4.90 Å². The van der Waals surface area contributed by atoms with Crippen LogP contribution in [-0.4, -0.2) is 44.1 Å². The molecule has 2 aliphatic rings. The Morgan fingerprint density at radius 1 is 1.17 bits per heavy atom. The molecule has 0 spiro atoms. The zero-order chi connectivity index (χ0) is 16.8. The molecule has 1 aliphatic carbocycles. The highest BCUT2D eigenvalue weighted by atomic mass is 35.5. The highest BCUT2D eigenvalue weighted by molar-refractivity contribution is 7.91. The predicted molar refractivity (Wildman–Crippen MR) is 87.0 cm³/mol. The Balaban J connectivity index is 0.00000208. The number of hydrogen-bond acceptors (Lipinski definition) is 4. The molecule has 1 aromatic rings. The number of nitrogens with two attached hydrogens (primary N) is 1. The van der Waals surface area contributed by atoms with Gasteiger partial charge in [0.25, 0.3) is 5.91 Å². The van der Waals surface area contributed by atoms with E-state index >= 15 is 0 Å². The number of alkyl halides is 2. The highest BCUT2D eigenvalue weighted by Gasteiger charge is 2.42. The molecule has 5 nitrogen and oxygen atoms in total. The Hall–Kier alpha value is -1.25. The minimum absolute atomic E-state index is 0. The van der Waals surface area contributed by atoms with Crippen molar-refractivity contribution >= 4 is 28.2 Å². The number of likely N-dealkylation sites (tertiary alicyclic amines) is 1. The summed E-state index contributed by atoms with van der Waals surface area (Å²) in [6.45, 7) is 1.25. The van der Waals surface area contributed by atoms with Crippen LogP contribution in [0.15, 0.2) is 29.2 Å². The van der Waals surface area contributed by atoms with Gasteiger partial charge in [0.1, 0.15) is 0 Å². The minimum atomic E-state index is -4.63. The molecular formula is C15H19ClF2N2O3S. The number of amides is 1. The monoisotopic (exact) mass is 380 g/mol. The molecule has 1 heterocycles. The quantitative estimate of drug-likeness (QED) is 0.868. The Kier molecular flexibility index (Phi) is 5.51. The van der Waals surface area contributed by atoms with Crippen molar-refractivity contribution in [2.24, 2.45) is 17.6 Å². The van der Waals surface area contributed by atoms with Crippen molar-refractivity contribution in [3.63, 3.8) is 0 Å². The summed E-state index contributed by atoms with van der Waals surface area (Å²) in [5, 5.41) is 0. The number of benzene rings is 1. The van der Waals surface area contributed by atoms with Crippen LogP contribution in [0.1, 0.15) is 23.2 Å². The van der Waals surface area contributed by atoms with Crippen LogP contribution in [0.3, 0.4) is 0 Å². The third kappa shape index (κ3) is 3.27. The fourth-order valence-corrected chi connectivity index (χ4v) is 4.27. The van der Waals surface area contributed by atoms with Gasteiger partial charge in [-0.05, 0) is 48.9 Å². The summed E-state index contributed by atoms with van der Waals surface area (Å²) in [6.07, 6.45) is 2.00. The van der Waals surface area contributed by atoms with Gasteiger partial charge in [0.2, 0.25) is 9.84 Å². The molecule has 1 saturated carbocycles. The second-order valence-corrected chi connectivity index (χ2v) is 8.12. The van der Waals surface area contributed by atoms with Gasteiger partial charge < -0.3 is 10.6 Å². The van der Waals surface area contributed by atoms with E-state index in [0.29, 0.717) is 30.5 Å². The van der Waals surface area contributed by atoms with Crippen LogP contribution in [-0.2, 0) is 9.84 Å². The van der Waals surface area contributed by atoms with Crippen molar-refractivity contribution in [3.05, 3.63) is 29.8 Å². The number of rotatable bonds is 3. The SMILES string of the molecule is Cl.NC1CCC2CN(C(=O)c3ccc(S(=O)(=O)C(F)F)cc3)CC12. The minimum Gasteiger partial charge on any atom is -0.338 e. The van der Waals surface area contributed by atoms with E-state index in [2.05, 4.69) is 0 Å². The summed E-state index contributed by atoms with van der Waals surface area (Å²) in [6, 6.07) is 4.79.